The normalized spacial score (nSPS) is 26.9. The summed E-state index contributed by atoms with van der Waals surface area (Å²) in [5.41, 5.74) is 7.18. The van der Waals surface area contributed by atoms with Crippen LogP contribution >= 0.6 is 0 Å². The topological polar surface area (TPSA) is 83.5 Å². The summed E-state index contributed by atoms with van der Waals surface area (Å²) in [6.45, 7) is 5.29. The van der Waals surface area contributed by atoms with Crippen LogP contribution in [0.3, 0.4) is 0 Å². The first kappa shape index (κ1) is 14.8. The number of oxime groups is 1. The average Bonchev–Trinajstić information content (AvgIpc) is 2.85. The van der Waals surface area contributed by atoms with Crippen LogP contribution in [-0.2, 0) is 6.54 Å². The molecule has 4 N–H and O–H groups in total. The number of aromatic nitrogens is 1. The fraction of sp³-hybridized carbons (Fsp3) is 0.600. The number of nitrogens with one attached hydrogen (secondary N) is 1. The second-order valence-corrected chi connectivity index (χ2v) is 5.59. The Balaban J connectivity index is 2.02. The molecule has 0 aromatic carbocycles. The second-order valence-electron chi connectivity index (χ2n) is 5.59. The third kappa shape index (κ3) is 3.10. The second kappa shape index (κ2) is 6.70. The lowest BCUT2D eigenvalue weighted by atomic mass is 9.93. The van der Waals surface area contributed by atoms with Gasteiger partial charge in [0.15, 0.2) is 5.84 Å². The van der Waals surface area contributed by atoms with E-state index in [4.69, 9.17) is 10.9 Å². The van der Waals surface area contributed by atoms with Crippen molar-refractivity contribution in [2.75, 3.05) is 0 Å². The minimum absolute atomic E-state index is 0.0632. The van der Waals surface area contributed by atoms with Crippen LogP contribution in [0.5, 0.6) is 0 Å². The smallest absolute Gasteiger partial charge is 0.189 e. The molecule has 1 aromatic rings. The summed E-state index contributed by atoms with van der Waals surface area (Å²) in [4.78, 5) is 4.19. The molecule has 3 unspecified atom stereocenters. The molecule has 0 aliphatic heterocycles. The Morgan fingerprint density at radius 1 is 1.55 bits per heavy atom. The van der Waals surface area contributed by atoms with Crippen LogP contribution in [0.2, 0.25) is 0 Å². The van der Waals surface area contributed by atoms with Crippen molar-refractivity contribution in [2.45, 2.75) is 45.7 Å². The van der Waals surface area contributed by atoms with E-state index >= 15 is 0 Å². The molecule has 1 saturated carbocycles. The maximum atomic E-state index is 8.80. The molecule has 0 amide bonds. The lowest BCUT2D eigenvalue weighted by molar-refractivity contribution is 0.318. The molecule has 0 spiro atoms. The van der Waals surface area contributed by atoms with E-state index in [1.165, 1.54) is 19.3 Å². The number of pyridine rings is 1. The predicted molar refractivity (Wildman–Crippen MR) is 79.6 cm³/mol. The molecule has 0 radical (unpaired) electrons. The summed E-state index contributed by atoms with van der Waals surface area (Å²) in [7, 11) is 0. The largest absolute Gasteiger partial charge is 0.409 e. The van der Waals surface area contributed by atoms with Gasteiger partial charge >= 0.3 is 0 Å². The molecule has 1 aliphatic carbocycles. The van der Waals surface area contributed by atoms with Crippen molar-refractivity contribution in [3.8, 4) is 0 Å². The van der Waals surface area contributed by atoms with Gasteiger partial charge in [-0.3, -0.25) is 4.98 Å². The Bertz CT molecular complexity index is 475. The monoisotopic (exact) mass is 276 g/mol. The Morgan fingerprint density at radius 3 is 3.00 bits per heavy atom. The number of nitrogens with zero attached hydrogens (tertiary/aromatic N) is 2. The van der Waals surface area contributed by atoms with Crippen LogP contribution < -0.4 is 11.1 Å². The van der Waals surface area contributed by atoms with Gasteiger partial charge in [0.1, 0.15) is 5.69 Å². The zero-order chi connectivity index (χ0) is 14.5. The van der Waals surface area contributed by atoms with Crippen molar-refractivity contribution in [3.63, 3.8) is 0 Å². The molecule has 2 rings (SSSR count). The van der Waals surface area contributed by atoms with Crippen LogP contribution in [0, 0.1) is 11.8 Å². The highest BCUT2D eigenvalue weighted by Gasteiger charge is 2.31. The van der Waals surface area contributed by atoms with Crippen LogP contribution in [0.25, 0.3) is 0 Å². The first-order valence-corrected chi connectivity index (χ1v) is 7.32. The van der Waals surface area contributed by atoms with Crippen LogP contribution in [0.15, 0.2) is 23.5 Å². The minimum Gasteiger partial charge on any atom is -0.409 e. The Labute approximate surface area is 120 Å². The molecule has 3 atom stereocenters. The zero-order valence-corrected chi connectivity index (χ0v) is 12.2. The van der Waals surface area contributed by atoms with E-state index in [-0.39, 0.29) is 5.84 Å². The summed E-state index contributed by atoms with van der Waals surface area (Å²) in [5, 5.41) is 15.4. The molecule has 110 valence electrons. The van der Waals surface area contributed by atoms with Gasteiger partial charge in [-0.2, -0.15) is 0 Å². The fourth-order valence-corrected chi connectivity index (χ4v) is 3.21. The van der Waals surface area contributed by atoms with Crippen molar-refractivity contribution >= 4 is 5.84 Å². The molecular weight excluding hydrogens is 252 g/mol. The molecular formula is C15H24N4O. The lowest BCUT2D eigenvalue weighted by Gasteiger charge is -2.21. The van der Waals surface area contributed by atoms with E-state index in [2.05, 4.69) is 29.3 Å². The van der Waals surface area contributed by atoms with E-state index in [1.807, 2.05) is 12.1 Å². The number of nitrogens with two attached hydrogens (primary N) is 1. The molecule has 0 bridgehead atoms. The average molecular weight is 276 g/mol. The summed E-state index contributed by atoms with van der Waals surface area (Å²) in [5.74, 6) is 1.59. The molecule has 20 heavy (non-hydrogen) atoms. The maximum absolute atomic E-state index is 8.80. The first-order chi connectivity index (χ1) is 9.67. The van der Waals surface area contributed by atoms with Crippen molar-refractivity contribution in [1.82, 2.24) is 10.3 Å². The molecule has 5 heteroatoms. The number of hydrogen-bond donors (Lipinski definition) is 3. The van der Waals surface area contributed by atoms with Gasteiger partial charge in [0.25, 0.3) is 0 Å². The van der Waals surface area contributed by atoms with Gasteiger partial charge < -0.3 is 16.3 Å². The van der Waals surface area contributed by atoms with Crippen LogP contribution in [0.4, 0.5) is 0 Å². The Morgan fingerprint density at radius 2 is 2.35 bits per heavy atom. The Hall–Kier alpha value is -1.62. The molecule has 1 aliphatic rings. The third-order valence-electron chi connectivity index (χ3n) is 4.55. The summed E-state index contributed by atoms with van der Waals surface area (Å²) < 4.78 is 0. The first-order valence-electron chi connectivity index (χ1n) is 7.32. The third-order valence-corrected chi connectivity index (χ3v) is 4.55. The van der Waals surface area contributed by atoms with Crippen molar-refractivity contribution < 1.29 is 5.21 Å². The van der Waals surface area contributed by atoms with Crippen LogP contribution in [-0.4, -0.2) is 22.1 Å². The van der Waals surface area contributed by atoms with Gasteiger partial charge in [-0.1, -0.05) is 31.5 Å². The van der Waals surface area contributed by atoms with E-state index in [0.29, 0.717) is 24.2 Å². The summed E-state index contributed by atoms with van der Waals surface area (Å²) in [6, 6.07) is 4.38. The number of rotatable bonds is 5. The van der Waals surface area contributed by atoms with Gasteiger partial charge in [-0.25, -0.2) is 0 Å². The SMILES string of the molecule is CCC1CCC(NCc2cccnc2C(N)=NO)C1C. The highest BCUT2D eigenvalue weighted by atomic mass is 16.4. The van der Waals surface area contributed by atoms with Crippen molar-refractivity contribution in [3.05, 3.63) is 29.6 Å². The minimum atomic E-state index is 0.0632. The quantitative estimate of drug-likeness (QED) is 0.333. The van der Waals surface area contributed by atoms with Crippen molar-refractivity contribution in [1.29, 1.82) is 0 Å². The number of amidine groups is 1. The van der Waals surface area contributed by atoms with E-state index < -0.39 is 0 Å². The highest BCUT2D eigenvalue weighted by Crippen LogP contribution is 2.33. The highest BCUT2D eigenvalue weighted by molar-refractivity contribution is 5.96. The predicted octanol–water partition coefficient (Wildman–Crippen LogP) is 2.09. The van der Waals surface area contributed by atoms with E-state index in [9.17, 15) is 0 Å². The lowest BCUT2D eigenvalue weighted by Crippen LogP contribution is -2.33. The zero-order valence-electron chi connectivity index (χ0n) is 12.2. The van der Waals surface area contributed by atoms with Gasteiger partial charge in [-0.05, 0) is 36.3 Å². The van der Waals surface area contributed by atoms with E-state index in [1.54, 1.807) is 6.20 Å². The van der Waals surface area contributed by atoms with Gasteiger partial charge in [-0.15, -0.1) is 0 Å². The summed E-state index contributed by atoms with van der Waals surface area (Å²) in [6.07, 6.45) is 5.43. The Kier molecular flexibility index (Phi) is 4.95. The van der Waals surface area contributed by atoms with Crippen molar-refractivity contribution in [2.24, 2.45) is 22.7 Å². The van der Waals surface area contributed by atoms with Crippen LogP contribution in [0.1, 0.15) is 44.4 Å². The van der Waals surface area contributed by atoms with Gasteiger partial charge in [0.2, 0.25) is 0 Å². The molecule has 0 saturated heterocycles. The number of hydrogen-bond acceptors (Lipinski definition) is 4. The molecule has 1 aromatic heterocycles. The summed E-state index contributed by atoms with van der Waals surface area (Å²) >= 11 is 0. The molecule has 1 fully saturated rings. The van der Waals surface area contributed by atoms with Gasteiger partial charge in [0, 0.05) is 18.8 Å². The van der Waals surface area contributed by atoms with E-state index in [0.717, 1.165) is 11.5 Å². The molecule has 1 heterocycles. The maximum Gasteiger partial charge on any atom is 0.189 e. The molecule has 5 nitrogen and oxygen atoms in total. The fourth-order valence-electron chi connectivity index (χ4n) is 3.21. The standard InChI is InChI=1S/C15H24N4O/c1-3-11-6-7-13(10(11)2)18-9-12-5-4-8-17-14(12)15(16)19-20/h4-5,8,10-11,13,18,20H,3,6-7,9H2,1-2H3,(H2,16,19). The van der Waals surface area contributed by atoms with Gasteiger partial charge in [0.05, 0.1) is 0 Å².